The van der Waals surface area contributed by atoms with Gasteiger partial charge in [-0.25, -0.2) is 15.0 Å². The molecular weight excluding hydrogens is 264 g/mol. The van der Waals surface area contributed by atoms with Crippen molar-refractivity contribution in [1.82, 2.24) is 24.5 Å². The van der Waals surface area contributed by atoms with Gasteiger partial charge in [-0.15, -0.1) is 0 Å². The molecule has 3 aromatic rings. The van der Waals surface area contributed by atoms with Crippen molar-refractivity contribution >= 4 is 17.0 Å². The summed E-state index contributed by atoms with van der Waals surface area (Å²) in [7, 11) is 0. The highest BCUT2D eigenvalue weighted by Gasteiger charge is 2.26. The minimum Gasteiger partial charge on any atom is -0.364 e. The Morgan fingerprint density at radius 3 is 2.95 bits per heavy atom. The molecule has 0 aromatic carbocycles. The Hall–Kier alpha value is -2.50. The Labute approximate surface area is 122 Å². The predicted octanol–water partition coefficient (Wildman–Crippen LogP) is 2.48. The molecule has 3 heterocycles. The van der Waals surface area contributed by atoms with Gasteiger partial charge in [-0.3, -0.25) is 4.98 Å². The molecule has 1 aliphatic carbocycles. The van der Waals surface area contributed by atoms with Crippen molar-refractivity contribution in [1.29, 1.82) is 0 Å². The van der Waals surface area contributed by atoms with Crippen molar-refractivity contribution in [3.63, 3.8) is 0 Å². The molecule has 21 heavy (non-hydrogen) atoms. The van der Waals surface area contributed by atoms with Gasteiger partial charge in [-0.05, 0) is 37.5 Å². The van der Waals surface area contributed by atoms with Gasteiger partial charge in [0.2, 0.25) is 0 Å². The summed E-state index contributed by atoms with van der Waals surface area (Å²) in [5, 5.41) is 3.35. The summed E-state index contributed by atoms with van der Waals surface area (Å²) >= 11 is 0. The molecule has 6 heteroatoms. The molecule has 0 amide bonds. The van der Waals surface area contributed by atoms with Crippen LogP contribution in [0.1, 0.15) is 30.1 Å². The first-order valence-electron chi connectivity index (χ1n) is 7.14. The molecule has 0 aliphatic heterocycles. The molecule has 0 atom stereocenters. The Kier molecular flexibility index (Phi) is 2.80. The van der Waals surface area contributed by atoms with Gasteiger partial charge in [0.05, 0.1) is 6.33 Å². The Morgan fingerprint density at radius 2 is 2.14 bits per heavy atom. The van der Waals surface area contributed by atoms with E-state index in [0.717, 1.165) is 22.7 Å². The second-order valence-corrected chi connectivity index (χ2v) is 5.44. The molecule has 1 aliphatic rings. The summed E-state index contributed by atoms with van der Waals surface area (Å²) in [5.41, 5.74) is 3.95. The normalized spacial score (nSPS) is 14.5. The molecule has 1 saturated carbocycles. The van der Waals surface area contributed by atoms with Crippen molar-refractivity contribution in [2.24, 2.45) is 0 Å². The van der Waals surface area contributed by atoms with E-state index in [9.17, 15) is 0 Å². The monoisotopic (exact) mass is 280 g/mol. The molecule has 0 saturated heterocycles. The van der Waals surface area contributed by atoms with E-state index in [2.05, 4.69) is 35.9 Å². The van der Waals surface area contributed by atoms with Gasteiger partial charge in [0.25, 0.3) is 0 Å². The van der Waals surface area contributed by atoms with Gasteiger partial charge < -0.3 is 9.88 Å². The summed E-state index contributed by atoms with van der Waals surface area (Å²) in [5.74, 6) is 0.786. The van der Waals surface area contributed by atoms with Crippen molar-refractivity contribution in [2.75, 3.05) is 5.32 Å². The number of pyridine rings is 1. The molecule has 0 radical (unpaired) electrons. The maximum Gasteiger partial charge on any atom is 0.165 e. The number of rotatable bonds is 4. The number of fused-ring (bicyclic) bond motifs is 1. The van der Waals surface area contributed by atoms with Gasteiger partial charge in [0.1, 0.15) is 11.8 Å². The van der Waals surface area contributed by atoms with E-state index in [0.29, 0.717) is 12.6 Å². The molecule has 0 bridgehead atoms. The van der Waals surface area contributed by atoms with E-state index >= 15 is 0 Å². The third-order valence-electron chi connectivity index (χ3n) is 3.72. The SMILES string of the molecule is Cc1cc(CNc2ncnc3c2ncn3C2CC2)ccn1. The summed E-state index contributed by atoms with van der Waals surface area (Å²) in [6.45, 7) is 2.69. The highest BCUT2D eigenvalue weighted by atomic mass is 15.2. The van der Waals surface area contributed by atoms with Crippen LogP contribution in [0.15, 0.2) is 31.0 Å². The highest BCUT2D eigenvalue weighted by Crippen LogP contribution is 2.37. The molecule has 0 spiro atoms. The van der Waals surface area contributed by atoms with Crippen molar-refractivity contribution in [2.45, 2.75) is 32.4 Å². The zero-order valence-corrected chi connectivity index (χ0v) is 11.8. The number of anilines is 1. The lowest BCUT2D eigenvalue weighted by Crippen LogP contribution is -2.03. The number of nitrogens with one attached hydrogen (secondary N) is 1. The largest absolute Gasteiger partial charge is 0.364 e. The van der Waals surface area contributed by atoms with Crippen LogP contribution in [0.5, 0.6) is 0 Å². The van der Waals surface area contributed by atoms with E-state index in [1.54, 1.807) is 6.33 Å². The number of hydrogen-bond donors (Lipinski definition) is 1. The standard InChI is InChI=1S/C15H16N6/c1-10-6-11(4-5-16-10)7-17-14-13-15(19-8-18-14)21(9-20-13)12-2-3-12/h4-6,8-9,12H,2-3,7H2,1H3,(H,17,18,19). The highest BCUT2D eigenvalue weighted by molar-refractivity contribution is 5.82. The maximum absolute atomic E-state index is 4.47. The summed E-state index contributed by atoms with van der Waals surface area (Å²) in [6, 6.07) is 4.63. The van der Waals surface area contributed by atoms with Crippen LogP contribution >= 0.6 is 0 Å². The molecule has 106 valence electrons. The average Bonchev–Trinajstić information content (AvgIpc) is 3.24. The van der Waals surface area contributed by atoms with E-state index in [1.807, 2.05) is 25.5 Å². The van der Waals surface area contributed by atoms with Crippen molar-refractivity contribution < 1.29 is 0 Å². The number of aromatic nitrogens is 5. The van der Waals surface area contributed by atoms with Gasteiger partial charge in [0, 0.05) is 24.5 Å². The molecule has 1 N–H and O–H groups in total. The van der Waals surface area contributed by atoms with Crippen LogP contribution < -0.4 is 5.32 Å². The van der Waals surface area contributed by atoms with E-state index in [-0.39, 0.29) is 0 Å². The molecule has 3 aromatic heterocycles. The molecule has 0 unspecified atom stereocenters. The third kappa shape index (κ3) is 2.33. The van der Waals surface area contributed by atoms with Crippen LogP contribution in [0, 0.1) is 6.92 Å². The van der Waals surface area contributed by atoms with Crippen molar-refractivity contribution in [3.05, 3.63) is 42.2 Å². The van der Waals surface area contributed by atoms with Gasteiger partial charge in [-0.1, -0.05) is 0 Å². The zero-order chi connectivity index (χ0) is 14.2. The molecule has 4 rings (SSSR count). The quantitative estimate of drug-likeness (QED) is 0.795. The van der Waals surface area contributed by atoms with Crippen LogP contribution in [0.2, 0.25) is 0 Å². The van der Waals surface area contributed by atoms with Crippen LogP contribution in [0.4, 0.5) is 5.82 Å². The molecular formula is C15H16N6. The molecule has 6 nitrogen and oxygen atoms in total. The molecule has 1 fully saturated rings. The summed E-state index contributed by atoms with van der Waals surface area (Å²) in [4.78, 5) is 17.4. The second kappa shape index (κ2) is 4.80. The predicted molar refractivity (Wildman–Crippen MR) is 79.9 cm³/mol. The Balaban J connectivity index is 1.61. The minimum atomic E-state index is 0.570. The number of nitrogens with zero attached hydrogens (tertiary/aromatic N) is 5. The zero-order valence-electron chi connectivity index (χ0n) is 11.8. The van der Waals surface area contributed by atoms with Crippen LogP contribution in [0.3, 0.4) is 0 Å². The van der Waals surface area contributed by atoms with E-state index in [4.69, 9.17) is 0 Å². The van der Waals surface area contributed by atoms with Gasteiger partial charge in [-0.2, -0.15) is 0 Å². The second-order valence-electron chi connectivity index (χ2n) is 5.44. The van der Waals surface area contributed by atoms with Crippen molar-refractivity contribution in [3.8, 4) is 0 Å². The smallest absolute Gasteiger partial charge is 0.165 e. The lowest BCUT2D eigenvalue weighted by atomic mass is 10.2. The lowest BCUT2D eigenvalue weighted by molar-refractivity contribution is 0.756. The summed E-state index contributed by atoms with van der Waals surface area (Å²) in [6.07, 6.45) is 7.73. The fraction of sp³-hybridized carbons (Fsp3) is 0.333. The van der Waals surface area contributed by atoms with Crippen LogP contribution in [0.25, 0.3) is 11.2 Å². The first-order chi connectivity index (χ1) is 10.3. The number of imidazole rings is 1. The van der Waals surface area contributed by atoms with Gasteiger partial charge in [0.15, 0.2) is 11.5 Å². The third-order valence-corrected chi connectivity index (χ3v) is 3.72. The van der Waals surface area contributed by atoms with Crippen LogP contribution in [-0.4, -0.2) is 24.5 Å². The number of hydrogen-bond acceptors (Lipinski definition) is 5. The number of aryl methyl sites for hydroxylation is 1. The fourth-order valence-corrected chi connectivity index (χ4v) is 2.50. The van der Waals surface area contributed by atoms with E-state index < -0.39 is 0 Å². The van der Waals surface area contributed by atoms with Gasteiger partial charge >= 0.3 is 0 Å². The van der Waals surface area contributed by atoms with E-state index in [1.165, 1.54) is 18.4 Å². The first-order valence-corrected chi connectivity index (χ1v) is 7.14. The van der Waals surface area contributed by atoms with Crippen LogP contribution in [-0.2, 0) is 6.54 Å². The Morgan fingerprint density at radius 1 is 1.24 bits per heavy atom. The fourth-order valence-electron chi connectivity index (χ4n) is 2.50. The lowest BCUT2D eigenvalue weighted by Gasteiger charge is -2.07. The summed E-state index contributed by atoms with van der Waals surface area (Å²) < 4.78 is 2.15. The average molecular weight is 280 g/mol. The Bertz CT molecular complexity index is 790. The topological polar surface area (TPSA) is 68.5 Å². The first kappa shape index (κ1) is 12.3. The maximum atomic E-state index is 4.47. The minimum absolute atomic E-state index is 0.570.